The summed E-state index contributed by atoms with van der Waals surface area (Å²) in [6.07, 6.45) is 3.46. The summed E-state index contributed by atoms with van der Waals surface area (Å²) in [5.74, 6) is 1.71. The van der Waals surface area contributed by atoms with Gasteiger partial charge in [0.2, 0.25) is 0 Å². The first kappa shape index (κ1) is 9.79. The third-order valence-electron chi connectivity index (χ3n) is 2.38. The highest BCUT2D eigenvalue weighted by molar-refractivity contribution is 6.21. The Bertz CT molecular complexity index is 207. The zero-order chi connectivity index (χ0) is 9.19. The number of hydrogen-bond donors (Lipinski definition) is 1. The Morgan fingerprint density at radius 3 is 3.00 bits per heavy atom. The van der Waals surface area contributed by atoms with Crippen molar-refractivity contribution in [2.24, 2.45) is 5.92 Å². The standard InChI is InChI=1S/C9H13ClO2/c1-9(12)4-2-8(10)7(6-9)3-5-11/h3,7-8,12H,2,4,6H2,1H3. The van der Waals surface area contributed by atoms with Gasteiger partial charge < -0.3 is 5.11 Å². The predicted molar refractivity (Wildman–Crippen MR) is 47.9 cm³/mol. The Kier molecular flexibility index (Phi) is 2.94. The summed E-state index contributed by atoms with van der Waals surface area (Å²) in [6.45, 7) is 1.78. The van der Waals surface area contributed by atoms with Crippen LogP contribution in [-0.2, 0) is 4.79 Å². The number of halogens is 1. The SMILES string of the molecule is CC1(O)CCC(Cl)C(C=C=O)C1. The molecule has 0 heterocycles. The van der Waals surface area contributed by atoms with Gasteiger partial charge in [-0.3, -0.25) is 0 Å². The molecule has 2 nitrogen and oxygen atoms in total. The quantitative estimate of drug-likeness (QED) is 0.501. The molecule has 1 N–H and O–H groups in total. The highest BCUT2D eigenvalue weighted by Crippen LogP contribution is 2.35. The van der Waals surface area contributed by atoms with Crippen molar-refractivity contribution in [2.45, 2.75) is 37.2 Å². The molecular formula is C9H13ClO2. The van der Waals surface area contributed by atoms with Crippen molar-refractivity contribution in [2.75, 3.05) is 0 Å². The monoisotopic (exact) mass is 188 g/mol. The third kappa shape index (κ3) is 2.34. The fourth-order valence-corrected chi connectivity index (χ4v) is 1.92. The summed E-state index contributed by atoms with van der Waals surface area (Å²) in [6, 6.07) is 0. The van der Waals surface area contributed by atoms with Gasteiger partial charge in [-0.25, -0.2) is 4.79 Å². The summed E-state index contributed by atoms with van der Waals surface area (Å²) in [5.41, 5.74) is -0.663. The van der Waals surface area contributed by atoms with Gasteiger partial charge in [0.05, 0.1) is 5.60 Å². The molecule has 3 unspecified atom stereocenters. The first-order chi connectivity index (χ1) is 5.55. The van der Waals surface area contributed by atoms with Crippen molar-refractivity contribution in [1.29, 1.82) is 0 Å². The fraction of sp³-hybridized carbons (Fsp3) is 0.778. The summed E-state index contributed by atoms with van der Waals surface area (Å²) in [5, 5.41) is 9.66. The Labute approximate surface area is 77.2 Å². The maximum absolute atomic E-state index is 10.1. The van der Waals surface area contributed by atoms with E-state index in [2.05, 4.69) is 0 Å². The molecule has 0 bridgehead atoms. The van der Waals surface area contributed by atoms with Gasteiger partial charge in [-0.15, -0.1) is 11.6 Å². The molecule has 0 radical (unpaired) electrons. The molecule has 0 aromatic rings. The second kappa shape index (κ2) is 3.61. The number of carbonyl (C=O) groups excluding carboxylic acids is 1. The first-order valence-electron chi connectivity index (χ1n) is 4.12. The van der Waals surface area contributed by atoms with Gasteiger partial charge in [-0.05, 0) is 26.2 Å². The Balaban J connectivity index is 2.65. The van der Waals surface area contributed by atoms with E-state index in [1.54, 1.807) is 12.9 Å². The van der Waals surface area contributed by atoms with Gasteiger partial charge in [0, 0.05) is 17.4 Å². The Morgan fingerprint density at radius 1 is 1.75 bits per heavy atom. The number of allylic oxidation sites excluding steroid dienone is 1. The van der Waals surface area contributed by atoms with Gasteiger partial charge in [-0.2, -0.15) is 0 Å². The minimum Gasteiger partial charge on any atom is -0.390 e. The number of alkyl halides is 1. The fourth-order valence-electron chi connectivity index (χ4n) is 1.65. The van der Waals surface area contributed by atoms with Crippen LogP contribution in [0.15, 0.2) is 6.08 Å². The molecule has 1 saturated carbocycles. The third-order valence-corrected chi connectivity index (χ3v) is 2.92. The minimum absolute atomic E-state index is 0.0204. The van der Waals surface area contributed by atoms with E-state index < -0.39 is 5.60 Å². The molecule has 12 heavy (non-hydrogen) atoms. The predicted octanol–water partition coefficient (Wildman–Crippen LogP) is 1.53. The van der Waals surface area contributed by atoms with E-state index in [9.17, 15) is 9.90 Å². The van der Waals surface area contributed by atoms with E-state index in [1.807, 2.05) is 0 Å². The van der Waals surface area contributed by atoms with Crippen LogP contribution in [0, 0.1) is 5.92 Å². The van der Waals surface area contributed by atoms with Gasteiger partial charge in [0.15, 0.2) is 0 Å². The van der Waals surface area contributed by atoms with Crippen molar-refractivity contribution in [3.8, 4) is 0 Å². The second-order valence-electron chi connectivity index (χ2n) is 3.70. The van der Waals surface area contributed by atoms with Crippen molar-refractivity contribution < 1.29 is 9.90 Å². The largest absolute Gasteiger partial charge is 0.390 e. The smallest absolute Gasteiger partial charge is 0.120 e. The minimum atomic E-state index is -0.663. The molecule has 0 amide bonds. The molecule has 0 spiro atoms. The maximum Gasteiger partial charge on any atom is 0.120 e. The number of aliphatic hydroxyl groups is 1. The number of rotatable bonds is 1. The molecule has 68 valence electrons. The van der Waals surface area contributed by atoms with Crippen LogP contribution in [-0.4, -0.2) is 22.0 Å². The lowest BCUT2D eigenvalue weighted by atomic mass is 9.79. The van der Waals surface area contributed by atoms with E-state index >= 15 is 0 Å². The molecule has 0 aromatic carbocycles. The van der Waals surface area contributed by atoms with Crippen molar-refractivity contribution in [3.63, 3.8) is 0 Å². The van der Waals surface area contributed by atoms with Gasteiger partial charge in [0.25, 0.3) is 0 Å². The van der Waals surface area contributed by atoms with Crippen LogP contribution in [0.1, 0.15) is 26.2 Å². The number of hydrogen-bond acceptors (Lipinski definition) is 2. The molecule has 1 fully saturated rings. The molecule has 0 aromatic heterocycles. The lowest BCUT2D eigenvalue weighted by molar-refractivity contribution is 0.0109. The lowest BCUT2D eigenvalue weighted by Crippen LogP contribution is -2.36. The summed E-state index contributed by atoms with van der Waals surface area (Å²) >= 11 is 5.97. The van der Waals surface area contributed by atoms with Crippen LogP contribution in [0.25, 0.3) is 0 Å². The van der Waals surface area contributed by atoms with Crippen LogP contribution >= 0.6 is 11.6 Å². The molecule has 1 rings (SSSR count). The second-order valence-corrected chi connectivity index (χ2v) is 4.26. The Morgan fingerprint density at radius 2 is 2.42 bits per heavy atom. The molecule has 0 saturated heterocycles. The molecule has 1 aliphatic rings. The van der Waals surface area contributed by atoms with E-state index in [4.69, 9.17) is 11.6 Å². The maximum atomic E-state index is 10.1. The average Bonchev–Trinajstić information content (AvgIpc) is 1.97. The van der Waals surface area contributed by atoms with Gasteiger partial charge in [-0.1, -0.05) is 0 Å². The summed E-state index contributed by atoms with van der Waals surface area (Å²) < 4.78 is 0. The van der Waals surface area contributed by atoms with Crippen LogP contribution in [0.5, 0.6) is 0 Å². The van der Waals surface area contributed by atoms with Crippen LogP contribution < -0.4 is 0 Å². The molecule has 3 heteroatoms. The van der Waals surface area contributed by atoms with Crippen molar-refractivity contribution >= 4 is 17.5 Å². The zero-order valence-electron chi connectivity index (χ0n) is 7.09. The first-order valence-corrected chi connectivity index (χ1v) is 4.56. The molecular weight excluding hydrogens is 176 g/mol. The van der Waals surface area contributed by atoms with Crippen LogP contribution in [0.3, 0.4) is 0 Å². The van der Waals surface area contributed by atoms with Gasteiger partial charge in [0.1, 0.15) is 5.94 Å². The lowest BCUT2D eigenvalue weighted by Gasteiger charge is -2.35. The summed E-state index contributed by atoms with van der Waals surface area (Å²) in [7, 11) is 0. The molecule has 3 atom stereocenters. The van der Waals surface area contributed by atoms with Crippen molar-refractivity contribution in [1.82, 2.24) is 0 Å². The topological polar surface area (TPSA) is 37.3 Å². The van der Waals surface area contributed by atoms with Crippen molar-refractivity contribution in [3.05, 3.63) is 6.08 Å². The average molecular weight is 189 g/mol. The van der Waals surface area contributed by atoms with E-state index in [1.165, 1.54) is 6.08 Å². The van der Waals surface area contributed by atoms with Gasteiger partial charge >= 0.3 is 0 Å². The van der Waals surface area contributed by atoms with E-state index in [0.717, 1.165) is 6.42 Å². The summed E-state index contributed by atoms with van der Waals surface area (Å²) in [4.78, 5) is 10.1. The molecule has 1 aliphatic carbocycles. The molecule has 0 aliphatic heterocycles. The van der Waals surface area contributed by atoms with Crippen LogP contribution in [0.4, 0.5) is 0 Å². The van der Waals surface area contributed by atoms with E-state index in [-0.39, 0.29) is 11.3 Å². The highest BCUT2D eigenvalue weighted by atomic mass is 35.5. The van der Waals surface area contributed by atoms with Crippen LogP contribution in [0.2, 0.25) is 0 Å². The zero-order valence-corrected chi connectivity index (χ0v) is 7.84. The Hall–Kier alpha value is -0.300. The normalized spacial score (nSPS) is 41.9. The highest BCUT2D eigenvalue weighted by Gasteiger charge is 2.34. The van der Waals surface area contributed by atoms with E-state index in [0.29, 0.717) is 12.8 Å².